The van der Waals surface area contributed by atoms with Crippen LogP contribution in [0.5, 0.6) is 0 Å². The van der Waals surface area contributed by atoms with Gasteiger partial charge < -0.3 is 6.42 Å². The third-order valence-corrected chi connectivity index (χ3v) is 0.667. The van der Waals surface area contributed by atoms with Crippen LogP contribution >= 0.6 is 0 Å². The summed E-state index contributed by atoms with van der Waals surface area (Å²) in [5, 5.41) is 0. The van der Waals surface area contributed by atoms with Crippen molar-refractivity contribution in [3.05, 3.63) is 6.42 Å². The standard InChI is InChI=1S/C5H11.Na/c1-4-5(2)3;/h4-5H,1-3H3;/q-1;+1. The van der Waals surface area contributed by atoms with Gasteiger partial charge in [0.15, 0.2) is 0 Å². The second-order valence-electron chi connectivity index (χ2n) is 1.58. The Morgan fingerprint density at radius 2 is 1.50 bits per heavy atom. The van der Waals surface area contributed by atoms with Gasteiger partial charge in [-0.15, -0.1) is 0 Å². The second kappa shape index (κ2) is 6.00. The molecule has 0 aliphatic heterocycles. The van der Waals surface area contributed by atoms with E-state index in [1.165, 1.54) is 0 Å². The first kappa shape index (κ1) is 10.1. The smallest absolute Gasteiger partial charge is 0.329 e. The number of hydrogen-bond donors (Lipinski definition) is 0. The molecular weight excluding hydrogens is 83.0 g/mol. The van der Waals surface area contributed by atoms with E-state index in [9.17, 15) is 0 Å². The monoisotopic (exact) mass is 94.1 g/mol. The van der Waals surface area contributed by atoms with Crippen LogP contribution in [0.15, 0.2) is 0 Å². The molecule has 0 spiro atoms. The van der Waals surface area contributed by atoms with Crippen LogP contribution in [-0.2, 0) is 0 Å². The minimum Gasteiger partial charge on any atom is -0.329 e. The Morgan fingerprint density at radius 1 is 1.33 bits per heavy atom. The van der Waals surface area contributed by atoms with E-state index >= 15 is 0 Å². The van der Waals surface area contributed by atoms with E-state index in [4.69, 9.17) is 0 Å². The van der Waals surface area contributed by atoms with Crippen molar-refractivity contribution in [1.82, 2.24) is 0 Å². The van der Waals surface area contributed by atoms with E-state index in [1.807, 2.05) is 0 Å². The molecule has 0 N–H and O–H groups in total. The van der Waals surface area contributed by atoms with Crippen molar-refractivity contribution in [2.45, 2.75) is 20.8 Å². The van der Waals surface area contributed by atoms with Crippen LogP contribution in [0.3, 0.4) is 0 Å². The minimum absolute atomic E-state index is 0. The maximum Gasteiger partial charge on any atom is 1.00 e. The summed E-state index contributed by atoms with van der Waals surface area (Å²) in [5.41, 5.74) is 0. The van der Waals surface area contributed by atoms with Crippen LogP contribution < -0.4 is 29.6 Å². The minimum atomic E-state index is 0. The molecule has 0 radical (unpaired) electrons. The van der Waals surface area contributed by atoms with Gasteiger partial charge in [0, 0.05) is 0 Å². The van der Waals surface area contributed by atoms with Crippen LogP contribution in [0, 0.1) is 12.3 Å². The molecule has 0 unspecified atom stereocenters. The first-order chi connectivity index (χ1) is 2.27. The summed E-state index contributed by atoms with van der Waals surface area (Å²) in [6.07, 6.45) is 2.17. The molecule has 0 saturated carbocycles. The van der Waals surface area contributed by atoms with E-state index in [0.29, 0.717) is 0 Å². The first-order valence-electron chi connectivity index (χ1n) is 2.07. The predicted octanol–water partition coefficient (Wildman–Crippen LogP) is -1.13. The third-order valence-electron chi connectivity index (χ3n) is 0.667. The molecule has 1 heteroatoms. The number of rotatable bonds is 1. The molecular formula is C5H11Na. The molecule has 0 fully saturated rings. The Balaban J connectivity index is 0. The molecule has 0 aliphatic rings. The van der Waals surface area contributed by atoms with Crippen molar-refractivity contribution in [2.24, 2.45) is 5.92 Å². The summed E-state index contributed by atoms with van der Waals surface area (Å²) in [6.45, 7) is 6.41. The molecule has 0 nitrogen and oxygen atoms in total. The fraction of sp³-hybridized carbons (Fsp3) is 0.800. The van der Waals surface area contributed by atoms with Crippen molar-refractivity contribution in [1.29, 1.82) is 0 Å². The molecule has 0 heterocycles. The summed E-state index contributed by atoms with van der Waals surface area (Å²) >= 11 is 0. The quantitative estimate of drug-likeness (QED) is 0.285. The summed E-state index contributed by atoms with van der Waals surface area (Å²) in [4.78, 5) is 0. The van der Waals surface area contributed by atoms with Gasteiger partial charge in [0.25, 0.3) is 0 Å². The Kier molecular flexibility index (Phi) is 10.1. The summed E-state index contributed by atoms with van der Waals surface area (Å²) in [5.74, 6) is 0.759. The molecule has 0 aromatic rings. The average Bonchev–Trinajstić information content (AvgIpc) is 1.38. The van der Waals surface area contributed by atoms with Crippen molar-refractivity contribution in [2.75, 3.05) is 0 Å². The van der Waals surface area contributed by atoms with Gasteiger partial charge >= 0.3 is 29.6 Å². The van der Waals surface area contributed by atoms with Crippen molar-refractivity contribution < 1.29 is 29.6 Å². The molecule has 0 atom stereocenters. The summed E-state index contributed by atoms with van der Waals surface area (Å²) in [6, 6.07) is 0. The van der Waals surface area contributed by atoms with Crippen LogP contribution in [0.2, 0.25) is 0 Å². The molecule has 0 bridgehead atoms. The zero-order chi connectivity index (χ0) is 4.28. The van der Waals surface area contributed by atoms with Crippen LogP contribution in [0.4, 0.5) is 0 Å². The van der Waals surface area contributed by atoms with Gasteiger partial charge in [-0.05, 0) is 0 Å². The van der Waals surface area contributed by atoms with E-state index in [2.05, 4.69) is 27.2 Å². The topological polar surface area (TPSA) is 0 Å². The molecule has 0 aliphatic carbocycles. The van der Waals surface area contributed by atoms with Gasteiger partial charge in [-0.2, -0.15) is 12.8 Å². The summed E-state index contributed by atoms with van der Waals surface area (Å²) in [7, 11) is 0. The molecule has 0 amide bonds. The maximum atomic E-state index is 2.17. The molecule has 0 rings (SSSR count). The fourth-order valence-electron chi connectivity index (χ4n) is 0. The maximum absolute atomic E-state index is 2.17. The molecule has 6 heavy (non-hydrogen) atoms. The Labute approximate surface area is 62.6 Å². The van der Waals surface area contributed by atoms with Gasteiger partial charge in [-0.25, -0.2) is 0 Å². The molecule has 0 aromatic carbocycles. The van der Waals surface area contributed by atoms with Gasteiger partial charge in [0.2, 0.25) is 0 Å². The van der Waals surface area contributed by atoms with E-state index < -0.39 is 0 Å². The van der Waals surface area contributed by atoms with Crippen molar-refractivity contribution in [3.8, 4) is 0 Å². The van der Waals surface area contributed by atoms with Crippen LogP contribution in [0.1, 0.15) is 20.8 Å². The van der Waals surface area contributed by atoms with Gasteiger partial charge in [-0.1, -0.05) is 13.8 Å². The molecule has 32 valence electrons. The zero-order valence-electron chi connectivity index (χ0n) is 5.15. The van der Waals surface area contributed by atoms with Crippen molar-refractivity contribution >= 4 is 0 Å². The molecule has 0 saturated heterocycles. The second-order valence-corrected chi connectivity index (χ2v) is 1.58. The molecule has 0 aromatic heterocycles. The Bertz CT molecular complexity index is 17.9. The number of hydrogen-bond acceptors (Lipinski definition) is 0. The Morgan fingerprint density at radius 3 is 1.50 bits per heavy atom. The van der Waals surface area contributed by atoms with E-state index in [0.717, 1.165) is 5.92 Å². The zero-order valence-corrected chi connectivity index (χ0v) is 7.15. The normalized spacial score (nSPS) is 8.00. The largest absolute Gasteiger partial charge is 1.00 e. The van der Waals surface area contributed by atoms with Crippen LogP contribution in [-0.4, -0.2) is 0 Å². The van der Waals surface area contributed by atoms with E-state index in [-0.39, 0.29) is 29.6 Å². The first-order valence-corrected chi connectivity index (χ1v) is 2.07. The van der Waals surface area contributed by atoms with Gasteiger partial charge in [-0.3, -0.25) is 0 Å². The average molecular weight is 94.1 g/mol. The Hall–Kier alpha value is 1.00. The van der Waals surface area contributed by atoms with Gasteiger partial charge in [0.05, 0.1) is 0 Å². The third kappa shape index (κ3) is 8.89. The van der Waals surface area contributed by atoms with Crippen molar-refractivity contribution in [3.63, 3.8) is 0 Å². The fourth-order valence-corrected chi connectivity index (χ4v) is 0. The van der Waals surface area contributed by atoms with E-state index in [1.54, 1.807) is 0 Å². The van der Waals surface area contributed by atoms with Crippen LogP contribution in [0.25, 0.3) is 0 Å². The van der Waals surface area contributed by atoms with Gasteiger partial charge in [0.1, 0.15) is 0 Å². The predicted molar refractivity (Wildman–Crippen MR) is 24.8 cm³/mol. The summed E-state index contributed by atoms with van der Waals surface area (Å²) < 4.78 is 0. The SMILES string of the molecule is C[CH-]C(C)C.[Na+].